The smallest absolute Gasteiger partial charge is 0.339 e. The van der Waals surface area contributed by atoms with E-state index in [0.29, 0.717) is 18.7 Å². The largest absolute Gasteiger partial charge is 0.379 e. The van der Waals surface area contributed by atoms with Crippen molar-refractivity contribution in [2.24, 2.45) is 0 Å². The number of amides is 2. The Hall–Kier alpha value is -2.20. The van der Waals surface area contributed by atoms with Crippen LogP contribution in [0.5, 0.6) is 5.75 Å². The van der Waals surface area contributed by atoms with Crippen molar-refractivity contribution in [3.8, 4) is 5.75 Å². The lowest BCUT2D eigenvalue weighted by Crippen LogP contribution is -2.50. The summed E-state index contributed by atoms with van der Waals surface area (Å²) < 4.78 is 38.0. The average molecular weight is 587 g/mol. The van der Waals surface area contributed by atoms with Gasteiger partial charge in [-0.2, -0.15) is 8.42 Å². The quantitative estimate of drug-likeness (QED) is 0.339. The highest BCUT2D eigenvalue weighted by molar-refractivity contribution is 7.87. The summed E-state index contributed by atoms with van der Waals surface area (Å²) in [5.41, 5.74) is 0.907. The Balaban J connectivity index is 2.00. The fourth-order valence-corrected chi connectivity index (χ4v) is 5.54. The Morgan fingerprint density at radius 2 is 1.82 bits per heavy atom. The second-order valence-electron chi connectivity index (χ2n) is 10.3. The third-order valence-electron chi connectivity index (χ3n) is 6.14. The highest BCUT2D eigenvalue weighted by atomic mass is 35.5. The van der Waals surface area contributed by atoms with Crippen molar-refractivity contribution in [3.05, 3.63) is 52.0 Å². The Labute approximate surface area is 236 Å². The Morgan fingerprint density at radius 1 is 1.11 bits per heavy atom. The molecular formula is C27H37Cl2N3O5S. The summed E-state index contributed by atoms with van der Waals surface area (Å²) in [4.78, 5) is 16.9. The summed E-state index contributed by atoms with van der Waals surface area (Å²) in [7, 11) is -4.24. The van der Waals surface area contributed by atoms with Crippen LogP contribution in [0.25, 0.3) is 0 Å². The molecule has 1 aliphatic heterocycles. The van der Waals surface area contributed by atoms with Crippen molar-refractivity contribution in [3.63, 3.8) is 0 Å². The van der Waals surface area contributed by atoms with E-state index in [9.17, 15) is 13.2 Å². The van der Waals surface area contributed by atoms with Gasteiger partial charge in [-0.1, -0.05) is 29.3 Å². The second kappa shape index (κ2) is 12.8. The number of halogens is 2. The van der Waals surface area contributed by atoms with Crippen LogP contribution in [0.1, 0.15) is 53.0 Å². The van der Waals surface area contributed by atoms with Gasteiger partial charge in [0.15, 0.2) is 0 Å². The van der Waals surface area contributed by atoms with Crippen LogP contribution in [0.3, 0.4) is 0 Å². The molecule has 1 unspecified atom stereocenters. The van der Waals surface area contributed by atoms with E-state index < -0.39 is 15.7 Å². The predicted molar refractivity (Wildman–Crippen MR) is 152 cm³/mol. The Morgan fingerprint density at radius 3 is 2.39 bits per heavy atom. The number of hydrogen-bond acceptors (Lipinski definition) is 6. The van der Waals surface area contributed by atoms with Crippen molar-refractivity contribution in [2.75, 3.05) is 31.1 Å². The van der Waals surface area contributed by atoms with Gasteiger partial charge in [-0.3, -0.25) is 0 Å². The molecule has 11 heteroatoms. The summed E-state index contributed by atoms with van der Waals surface area (Å²) in [5, 5.41) is 3.35. The van der Waals surface area contributed by atoms with Gasteiger partial charge in [-0.15, -0.1) is 0 Å². The molecule has 1 aliphatic rings. The lowest BCUT2D eigenvalue weighted by Gasteiger charge is -2.31. The topological polar surface area (TPSA) is 88.2 Å². The van der Waals surface area contributed by atoms with E-state index in [4.69, 9.17) is 32.1 Å². The van der Waals surface area contributed by atoms with Crippen LogP contribution in [0.15, 0.2) is 41.3 Å². The highest BCUT2D eigenvalue weighted by Crippen LogP contribution is 2.32. The van der Waals surface area contributed by atoms with Crippen molar-refractivity contribution in [1.29, 1.82) is 0 Å². The fourth-order valence-electron chi connectivity index (χ4n) is 4.19. The molecule has 0 spiro atoms. The molecular weight excluding hydrogens is 549 g/mol. The van der Waals surface area contributed by atoms with E-state index in [0.717, 1.165) is 31.6 Å². The third-order valence-corrected chi connectivity index (χ3v) is 8.11. The van der Waals surface area contributed by atoms with Crippen LogP contribution >= 0.6 is 23.2 Å². The van der Waals surface area contributed by atoms with Crippen LogP contribution < -0.4 is 14.4 Å². The van der Waals surface area contributed by atoms with Crippen LogP contribution in [0.2, 0.25) is 10.0 Å². The average Bonchev–Trinajstić information content (AvgIpc) is 3.34. The maximum atomic E-state index is 13.3. The minimum absolute atomic E-state index is 0.0834. The van der Waals surface area contributed by atoms with Gasteiger partial charge in [0.25, 0.3) is 0 Å². The number of benzene rings is 2. The minimum Gasteiger partial charge on any atom is -0.379 e. The van der Waals surface area contributed by atoms with Crippen LogP contribution in [0, 0.1) is 0 Å². The number of nitrogens with zero attached hydrogens (tertiary/aromatic N) is 2. The molecule has 1 atom stereocenters. The molecule has 0 bridgehead atoms. The maximum absolute atomic E-state index is 13.3. The van der Waals surface area contributed by atoms with E-state index in [-0.39, 0.29) is 39.4 Å². The summed E-state index contributed by atoms with van der Waals surface area (Å²) in [5.74, 6) is 0.140. The van der Waals surface area contributed by atoms with Gasteiger partial charge in [0.05, 0.1) is 22.7 Å². The fraction of sp³-hybridized carbons (Fsp3) is 0.519. The van der Waals surface area contributed by atoms with Gasteiger partial charge in [0.2, 0.25) is 0 Å². The highest BCUT2D eigenvalue weighted by Gasteiger charge is 2.27. The zero-order valence-electron chi connectivity index (χ0n) is 22.6. The monoisotopic (exact) mass is 585 g/mol. The molecule has 0 saturated carbocycles. The molecule has 1 fully saturated rings. The predicted octanol–water partition coefficient (Wildman–Crippen LogP) is 6.10. The molecule has 8 nitrogen and oxygen atoms in total. The van der Waals surface area contributed by atoms with E-state index in [1.165, 1.54) is 18.2 Å². The summed E-state index contributed by atoms with van der Waals surface area (Å²) >= 11 is 12.1. The number of ether oxygens (including phenoxy) is 1. The summed E-state index contributed by atoms with van der Waals surface area (Å²) in [6, 6.07) is 9.16. The number of nitrogens with one attached hydrogen (secondary N) is 1. The molecule has 0 aromatic heterocycles. The van der Waals surface area contributed by atoms with E-state index >= 15 is 0 Å². The molecule has 0 aliphatic carbocycles. The Bertz CT molecular complexity index is 1220. The van der Waals surface area contributed by atoms with E-state index in [2.05, 4.69) is 10.2 Å². The summed E-state index contributed by atoms with van der Waals surface area (Å²) in [6.45, 7) is 12.4. The number of rotatable bonds is 10. The van der Waals surface area contributed by atoms with Crippen LogP contribution in [0.4, 0.5) is 10.5 Å². The van der Waals surface area contributed by atoms with Crippen LogP contribution in [-0.4, -0.2) is 57.2 Å². The number of carbonyl (C=O) groups is 1. The van der Waals surface area contributed by atoms with E-state index in [1.54, 1.807) is 17.0 Å². The molecule has 38 heavy (non-hydrogen) atoms. The lowest BCUT2D eigenvalue weighted by atomic mass is 10.1. The van der Waals surface area contributed by atoms with Crippen molar-refractivity contribution < 1.29 is 22.1 Å². The minimum atomic E-state index is -4.24. The first-order valence-electron chi connectivity index (χ1n) is 12.8. The standard InChI is InChI=1S/C27H37Cl2N3O5S/c1-6-31(7-2)20-11-10-19(17-32(18-21-9-8-14-36-21)26(33)30-27(3,4)5)25(15-20)37-38(34,35)22-12-13-23(28)24(29)16-22/h10-13,15-16,21H,6-9,14,17-18H2,1-5H3,(H,30,33). The zero-order valence-corrected chi connectivity index (χ0v) is 24.9. The van der Waals surface area contributed by atoms with E-state index in [1.807, 2.05) is 40.7 Å². The van der Waals surface area contributed by atoms with Crippen molar-refractivity contribution >= 4 is 45.0 Å². The lowest BCUT2D eigenvalue weighted by molar-refractivity contribution is 0.0780. The Kier molecular flexibility index (Phi) is 10.2. The van der Waals surface area contributed by atoms with Crippen LogP contribution in [-0.2, 0) is 21.4 Å². The van der Waals surface area contributed by atoms with Gasteiger partial charge in [0.1, 0.15) is 10.6 Å². The molecule has 0 radical (unpaired) electrons. The molecule has 3 rings (SSSR count). The van der Waals surface area contributed by atoms with Gasteiger partial charge in [-0.25, -0.2) is 4.79 Å². The first-order valence-corrected chi connectivity index (χ1v) is 15.0. The molecule has 1 saturated heterocycles. The third kappa shape index (κ3) is 8.15. The zero-order chi connectivity index (χ0) is 28.1. The van der Waals surface area contributed by atoms with Crippen molar-refractivity contribution in [1.82, 2.24) is 10.2 Å². The molecule has 2 aromatic rings. The molecule has 1 heterocycles. The molecule has 2 amide bonds. The first kappa shape index (κ1) is 30.3. The normalized spacial score (nSPS) is 15.8. The second-order valence-corrected chi connectivity index (χ2v) is 12.6. The number of hydrogen-bond donors (Lipinski definition) is 1. The van der Waals surface area contributed by atoms with Gasteiger partial charge >= 0.3 is 16.1 Å². The number of urea groups is 1. The van der Waals surface area contributed by atoms with Gasteiger partial charge < -0.3 is 24.0 Å². The molecule has 1 N–H and O–H groups in total. The molecule has 210 valence electrons. The number of anilines is 1. The van der Waals surface area contributed by atoms with Gasteiger partial charge in [0, 0.05) is 49.1 Å². The van der Waals surface area contributed by atoms with Crippen molar-refractivity contribution in [2.45, 2.75) is 70.5 Å². The maximum Gasteiger partial charge on any atom is 0.339 e. The SMILES string of the molecule is CCN(CC)c1ccc(CN(CC2CCCO2)C(=O)NC(C)(C)C)c(OS(=O)(=O)c2ccc(Cl)c(Cl)c2)c1. The number of carbonyl (C=O) groups excluding carboxylic acids is 1. The summed E-state index contributed by atoms with van der Waals surface area (Å²) in [6.07, 6.45) is 1.71. The van der Waals surface area contributed by atoms with Gasteiger partial charge in [-0.05, 0) is 71.7 Å². The first-order chi connectivity index (χ1) is 17.8. The molecule has 2 aromatic carbocycles.